The lowest BCUT2D eigenvalue weighted by molar-refractivity contribution is 0.0784. The number of morpholine rings is 1. The minimum Gasteiger partial charge on any atom is -0.378 e. The molecular formula is C26H35N3O4S. The number of hydrogen-bond donors (Lipinski definition) is 0. The van der Waals surface area contributed by atoms with Crippen LogP contribution in [0.25, 0.3) is 0 Å². The molecular weight excluding hydrogens is 450 g/mol. The van der Waals surface area contributed by atoms with Gasteiger partial charge >= 0.3 is 0 Å². The molecule has 2 aromatic carbocycles. The average molecular weight is 486 g/mol. The van der Waals surface area contributed by atoms with Gasteiger partial charge in [0.2, 0.25) is 10.0 Å². The van der Waals surface area contributed by atoms with Gasteiger partial charge in [-0.15, -0.1) is 0 Å². The summed E-state index contributed by atoms with van der Waals surface area (Å²) in [7, 11) is -0.237. The topological polar surface area (TPSA) is 70.2 Å². The second kappa shape index (κ2) is 10.9. The Labute approximate surface area is 203 Å². The first-order valence-electron chi connectivity index (χ1n) is 12.1. The Kier molecular flexibility index (Phi) is 7.91. The number of carbonyl (C=O) groups excluding carboxylic acids is 1. The maximum absolute atomic E-state index is 13.3. The van der Waals surface area contributed by atoms with E-state index in [4.69, 9.17) is 4.74 Å². The number of carbonyl (C=O) groups is 1. The molecule has 0 unspecified atom stereocenters. The van der Waals surface area contributed by atoms with Crippen LogP contribution in [0.2, 0.25) is 0 Å². The SMILES string of the molecule is CN(Cc1ccccc1N1CCOCC1)C(=O)c1cccc(S(=O)(=O)N(C)C2CCCCC2)c1. The summed E-state index contributed by atoms with van der Waals surface area (Å²) in [6.07, 6.45) is 5.05. The molecule has 0 N–H and O–H groups in total. The molecule has 0 radical (unpaired) electrons. The molecule has 0 atom stereocenters. The van der Waals surface area contributed by atoms with E-state index in [0.717, 1.165) is 56.4 Å². The number of para-hydroxylation sites is 1. The summed E-state index contributed by atoms with van der Waals surface area (Å²) in [5.41, 5.74) is 2.54. The third-order valence-corrected chi connectivity index (χ3v) is 8.85. The third-order valence-electron chi connectivity index (χ3n) is 6.94. The summed E-state index contributed by atoms with van der Waals surface area (Å²) in [6, 6.07) is 14.6. The van der Waals surface area contributed by atoms with E-state index in [-0.39, 0.29) is 16.8 Å². The molecule has 1 saturated heterocycles. The molecule has 1 aliphatic heterocycles. The van der Waals surface area contributed by atoms with Gasteiger partial charge in [0.25, 0.3) is 5.91 Å². The highest BCUT2D eigenvalue weighted by atomic mass is 32.2. The van der Waals surface area contributed by atoms with E-state index in [1.54, 1.807) is 37.2 Å². The Balaban J connectivity index is 1.50. The molecule has 7 nitrogen and oxygen atoms in total. The monoisotopic (exact) mass is 485 g/mol. The van der Waals surface area contributed by atoms with E-state index in [2.05, 4.69) is 11.0 Å². The van der Waals surface area contributed by atoms with Crippen LogP contribution in [0.3, 0.4) is 0 Å². The predicted molar refractivity (Wildman–Crippen MR) is 134 cm³/mol. The molecule has 1 aliphatic carbocycles. The summed E-state index contributed by atoms with van der Waals surface area (Å²) in [5, 5.41) is 0. The van der Waals surface area contributed by atoms with Crippen LogP contribution in [0, 0.1) is 0 Å². The van der Waals surface area contributed by atoms with E-state index in [1.807, 2.05) is 18.2 Å². The van der Waals surface area contributed by atoms with E-state index >= 15 is 0 Å². The van der Waals surface area contributed by atoms with Crippen molar-refractivity contribution in [3.05, 3.63) is 59.7 Å². The highest BCUT2D eigenvalue weighted by Crippen LogP contribution is 2.27. The van der Waals surface area contributed by atoms with Gasteiger partial charge < -0.3 is 14.5 Å². The molecule has 0 bridgehead atoms. The third kappa shape index (κ3) is 5.45. The second-order valence-corrected chi connectivity index (χ2v) is 11.2. The largest absolute Gasteiger partial charge is 0.378 e. The van der Waals surface area contributed by atoms with Crippen molar-refractivity contribution in [1.29, 1.82) is 0 Å². The van der Waals surface area contributed by atoms with Gasteiger partial charge in [-0.3, -0.25) is 4.79 Å². The van der Waals surface area contributed by atoms with Crippen molar-refractivity contribution in [1.82, 2.24) is 9.21 Å². The quantitative estimate of drug-likeness (QED) is 0.597. The molecule has 0 spiro atoms. The zero-order chi connectivity index (χ0) is 24.1. The summed E-state index contributed by atoms with van der Waals surface area (Å²) >= 11 is 0. The zero-order valence-corrected chi connectivity index (χ0v) is 21.0. The predicted octanol–water partition coefficient (Wildman–Crippen LogP) is 3.75. The number of ether oxygens (including phenoxy) is 1. The molecule has 0 aromatic heterocycles. The van der Waals surface area contributed by atoms with E-state index in [1.165, 1.54) is 10.4 Å². The lowest BCUT2D eigenvalue weighted by Gasteiger charge is -2.31. The summed E-state index contributed by atoms with van der Waals surface area (Å²) in [6.45, 7) is 3.47. The molecule has 8 heteroatoms. The Bertz CT molecular complexity index is 1090. The van der Waals surface area contributed by atoms with Gasteiger partial charge in [-0.25, -0.2) is 8.42 Å². The van der Waals surface area contributed by atoms with Crippen LogP contribution in [0.15, 0.2) is 53.4 Å². The highest BCUT2D eigenvalue weighted by Gasteiger charge is 2.29. The van der Waals surface area contributed by atoms with Gasteiger partial charge in [-0.1, -0.05) is 43.5 Å². The fourth-order valence-corrected chi connectivity index (χ4v) is 6.36. The maximum atomic E-state index is 13.3. The first kappa shape index (κ1) is 24.7. The van der Waals surface area contributed by atoms with E-state index in [0.29, 0.717) is 25.3 Å². The van der Waals surface area contributed by atoms with Crippen molar-refractivity contribution in [3.63, 3.8) is 0 Å². The Hall–Kier alpha value is -2.42. The minimum atomic E-state index is -3.66. The second-order valence-electron chi connectivity index (χ2n) is 9.23. The summed E-state index contributed by atoms with van der Waals surface area (Å²) in [5.74, 6) is -0.200. The Morgan fingerprint density at radius 3 is 2.44 bits per heavy atom. The Morgan fingerprint density at radius 2 is 1.71 bits per heavy atom. The molecule has 1 heterocycles. The van der Waals surface area contributed by atoms with Gasteiger partial charge in [0.15, 0.2) is 0 Å². The number of hydrogen-bond acceptors (Lipinski definition) is 5. The first-order chi connectivity index (χ1) is 16.4. The summed E-state index contributed by atoms with van der Waals surface area (Å²) in [4.78, 5) is 17.4. The van der Waals surface area contributed by atoms with Gasteiger partial charge in [0, 0.05) is 51.0 Å². The minimum absolute atomic E-state index is 0.0254. The van der Waals surface area contributed by atoms with Crippen LogP contribution in [-0.4, -0.2) is 70.0 Å². The molecule has 1 amide bonds. The smallest absolute Gasteiger partial charge is 0.253 e. The first-order valence-corrected chi connectivity index (χ1v) is 13.6. The highest BCUT2D eigenvalue weighted by molar-refractivity contribution is 7.89. The van der Waals surface area contributed by atoms with Crippen LogP contribution in [0.4, 0.5) is 5.69 Å². The van der Waals surface area contributed by atoms with Gasteiger partial charge in [-0.2, -0.15) is 4.31 Å². The van der Waals surface area contributed by atoms with Gasteiger partial charge in [0.1, 0.15) is 0 Å². The zero-order valence-electron chi connectivity index (χ0n) is 20.2. The molecule has 4 rings (SSSR count). The van der Waals surface area contributed by atoms with Crippen LogP contribution in [0.1, 0.15) is 48.0 Å². The van der Waals surface area contributed by atoms with Crippen molar-refractivity contribution >= 4 is 21.6 Å². The number of anilines is 1. The van der Waals surface area contributed by atoms with Crippen LogP contribution in [-0.2, 0) is 21.3 Å². The van der Waals surface area contributed by atoms with Crippen molar-refractivity contribution in [2.45, 2.75) is 49.6 Å². The number of amides is 1. The fraction of sp³-hybridized carbons (Fsp3) is 0.500. The van der Waals surface area contributed by atoms with Gasteiger partial charge in [0.05, 0.1) is 18.1 Å². The number of sulfonamides is 1. The molecule has 184 valence electrons. The van der Waals surface area contributed by atoms with E-state index < -0.39 is 10.0 Å². The Morgan fingerprint density at radius 1 is 1.00 bits per heavy atom. The van der Waals surface area contributed by atoms with Crippen LogP contribution < -0.4 is 4.90 Å². The fourth-order valence-electron chi connectivity index (χ4n) is 4.90. The average Bonchev–Trinajstić information content (AvgIpc) is 2.89. The van der Waals surface area contributed by atoms with Crippen molar-refractivity contribution in [2.75, 3.05) is 45.3 Å². The number of rotatable bonds is 7. The molecule has 2 fully saturated rings. The summed E-state index contributed by atoms with van der Waals surface area (Å²) < 4.78 is 33.5. The van der Waals surface area contributed by atoms with E-state index in [9.17, 15) is 13.2 Å². The number of nitrogens with zero attached hydrogens (tertiary/aromatic N) is 3. The van der Waals surface area contributed by atoms with Gasteiger partial charge in [-0.05, 0) is 42.7 Å². The molecule has 2 aromatic rings. The van der Waals surface area contributed by atoms with Crippen LogP contribution in [0.5, 0.6) is 0 Å². The lowest BCUT2D eigenvalue weighted by Crippen LogP contribution is -2.38. The van der Waals surface area contributed by atoms with Crippen molar-refractivity contribution in [3.8, 4) is 0 Å². The normalized spacial score (nSPS) is 17.7. The van der Waals surface area contributed by atoms with Crippen molar-refractivity contribution < 1.29 is 17.9 Å². The molecule has 2 aliphatic rings. The number of benzene rings is 2. The molecule has 1 saturated carbocycles. The maximum Gasteiger partial charge on any atom is 0.253 e. The lowest BCUT2D eigenvalue weighted by atomic mass is 9.96. The molecule has 34 heavy (non-hydrogen) atoms. The standard InChI is InChI=1S/C26H35N3O4S/c1-27(20-22-9-6-7-14-25(22)29-15-17-33-18-16-29)26(30)21-10-8-13-24(19-21)34(31,32)28(2)23-11-4-3-5-12-23/h6-10,13-14,19,23H,3-5,11-12,15-18,20H2,1-2H3. The van der Waals surface area contributed by atoms with Crippen LogP contribution >= 0.6 is 0 Å². The van der Waals surface area contributed by atoms with Crippen molar-refractivity contribution in [2.24, 2.45) is 0 Å².